The highest BCUT2D eigenvalue weighted by molar-refractivity contribution is 7.98. The summed E-state index contributed by atoms with van der Waals surface area (Å²) < 4.78 is 0. The van der Waals surface area contributed by atoms with E-state index in [9.17, 15) is 4.79 Å². The number of amides is 1. The molecule has 0 aromatic rings. The van der Waals surface area contributed by atoms with Crippen LogP contribution in [0, 0.1) is 0 Å². The molecule has 0 spiro atoms. The van der Waals surface area contributed by atoms with Crippen LogP contribution >= 0.6 is 23.4 Å². The van der Waals surface area contributed by atoms with E-state index < -0.39 is 0 Å². The molecule has 78 valence electrons. The highest BCUT2D eigenvalue weighted by Gasteiger charge is 2.08. The van der Waals surface area contributed by atoms with Gasteiger partial charge in [0.15, 0.2) is 0 Å². The van der Waals surface area contributed by atoms with Crippen molar-refractivity contribution in [1.82, 2.24) is 5.32 Å². The first kappa shape index (κ1) is 13.1. The van der Waals surface area contributed by atoms with Gasteiger partial charge < -0.3 is 5.32 Å². The van der Waals surface area contributed by atoms with E-state index in [1.165, 1.54) is 0 Å². The molecule has 0 radical (unpaired) electrons. The van der Waals surface area contributed by atoms with Crippen molar-refractivity contribution in [2.75, 3.05) is 12.0 Å². The third-order valence-electron chi connectivity index (χ3n) is 1.62. The topological polar surface area (TPSA) is 29.1 Å². The van der Waals surface area contributed by atoms with Crippen LogP contribution in [0.1, 0.15) is 26.7 Å². The predicted molar refractivity (Wildman–Crippen MR) is 60.5 cm³/mol. The molecule has 0 heterocycles. The first-order valence-corrected chi connectivity index (χ1v) is 6.31. The van der Waals surface area contributed by atoms with Crippen molar-refractivity contribution in [3.8, 4) is 0 Å². The first-order valence-electron chi connectivity index (χ1n) is 4.48. The van der Waals surface area contributed by atoms with Gasteiger partial charge in [-0.05, 0) is 26.5 Å². The minimum absolute atomic E-state index is 0.121. The largest absolute Gasteiger partial charge is 0.354 e. The maximum absolute atomic E-state index is 11.2. The smallest absolute Gasteiger partial charge is 0.221 e. The second-order valence-corrected chi connectivity index (χ2v) is 4.96. The van der Waals surface area contributed by atoms with Crippen molar-refractivity contribution < 1.29 is 4.79 Å². The summed E-state index contributed by atoms with van der Waals surface area (Å²) in [4.78, 5) is 11.2. The van der Waals surface area contributed by atoms with Crippen LogP contribution in [0.15, 0.2) is 0 Å². The van der Waals surface area contributed by atoms with Crippen LogP contribution < -0.4 is 5.32 Å². The molecule has 0 fully saturated rings. The Balaban J connectivity index is 3.53. The van der Waals surface area contributed by atoms with E-state index in [1.54, 1.807) is 11.8 Å². The van der Waals surface area contributed by atoms with E-state index in [1.807, 2.05) is 20.1 Å². The molecule has 2 atom stereocenters. The molecule has 4 heteroatoms. The van der Waals surface area contributed by atoms with Crippen molar-refractivity contribution in [3.63, 3.8) is 0 Å². The van der Waals surface area contributed by atoms with Gasteiger partial charge in [0.25, 0.3) is 0 Å². The van der Waals surface area contributed by atoms with E-state index >= 15 is 0 Å². The second kappa shape index (κ2) is 7.51. The van der Waals surface area contributed by atoms with Crippen LogP contribution in [0.4, 0.5) is 0 Å². The molecule has 0 aromatic carbocycles. The second-order valence-electron chi connectivity index (χ2n) is 3.23. The zero-order chi connectivity index (χ0) is 10.3. The van der Waals surface area contributed by atoms with Crippen molar-refractivity contribution in [3.05, 3.63) is 0 Å². The summed E-state index contributed by atoms with van der Waals surface area (Å²) in [7, 11) is 0. The van der Waals surface area contributed by atoms with E-state index in [0.717, 1.165) is 12.2 Å². The molecule has 2 unspecified atom stereocenters. The number of alkyl halides is 1. The van der Waals surface area contributed by atoms with Crippen molar-refractivity contribution in [1.29, 1.82) is 0 Å². The summed E-state index contributed by atoms with van der Waals surface area (Å²) in [5, 5.41) is 3.03. The Morgan fingerprint density at radius 3 is 2.62 bits per heavy atom. The maximum atomic E-state index is 11.2. The summed E-state index contributed by atoms with van der Waals surface area (Å²) >= 11 is 7.49. The molecule has 0 aliphatic rings. The fourth-order valence-electron chi connectivity index (χ4n) is 1.09. The van der Waals surface area contributed by atoms with Crippen LogP contribution in [0.2, 0.25) is 0 Å². The van der Waals surface area contributed by atoms with Gasteiger partial charge in [0.2, 0.25) is 5.91 Å². The van der Waals surface area contributed by atoms with Gasteiger partial charge in [0.1, 0.15) is 0 Å². The standard InChI is InChI=1S/C9H18ClNOS/c1-7(10)6-8(2)11-9(12)4-5-13-3/h7-8H,4-6H2,1-3H3,(H,11,12). The predicted octanol–water partition coefficient (Wildman–Crippen LogP) is 2.26. The average molecular weight is 224 g/mol. The highest BCUT2D eigenvalue weighted by Crippen LogP contribution is 2.04. The molecular weight excluding hydrogens is 206 g/mol. The molecule has 1 amide bonds. The molecule has 0 bridgehead atoms. The summed E-state index contributed by atoms with van der Waals surface area (Å²) in [5.41, 5.74) is 0. The number of carbonyl (C=O) groups is 1. The van der Waals surface area contributed by atoms with E-state index in [0.29, 0.717) is 6.42 Å². The Labute approximate surface area is 89.8 Å². The number of carbonyl (C=O) groups excluding carboxylic acids is 1. The Morgan fingerprint density at radius 1 is 1.54 bits per heavy atom. The summed E-state index contributed by atoms with van der Waals surface area (Å²) in [6, 6.07) is 0.182. The number of hydrogen-bond acceptors (Lipinski definition) is 2. The fraction of sp³-hybridized carbons (Fsp3) is 0.889. The number of hydrogen-bond donors (Lipinski definition) is 1. The van der Waals surface area contributed by atoms with E-state index in [-0.39, 0.29) is 17.3 Å². The van der Waals surface area contributed by atoms with Crippen LogP contribution in [-0.4, -0.2) is 29.3 Å². The quantitative estimate of drug-likeness (QED) is 0.700. The minimum Gasteiger partial charge on any atom is -0.354 e. The van der Waals surface area contributed by atoms with Crippen molar-refractivity contribution in [2.24, 2.45) is 0 Å². The number of thioether (sulfide) groups is 1. The highest BCUT2D eigenvalue weighted by atomic mass is 35.5. The lowest BCUT2D eigenvalue weighted by Gasteiger charge is -2.14. The van der Waals surface area contributed by atoms with Gasteiger partial charge in [-0.2, -0.15) is 11.8 Å². The molecule has 0 aliphatic heterocycles. The monoisotopic (exact) mass is 223 g/mol. The lowest BCUT2D eigenvalue weighted by atomic mass is 10.2. The van der Waals surface area contributed by atoms with Gasteiger partial charge in [-0.15, -0.1) is 11.6 Å². The molecule has 0 aromatic heterocycles. The summed E-state index contributed by atoms with van der Waals surface area (Å²) in [6.45, 7) is 3.92. The van der Waals surface area contributed by atoms with Crippen LogP contribution in [0.3, 0.4) is 0 Å². The third-order valence-corrected chi connectivity index (χ3v) is 2.41. The number of halogens is 1. The molecule has 0 aliphatic carbocycles. The summed E-state index contributed by atoms with van der Waals surface area (Å²) in [6.07, 6.45) is 3.42. The van der Waals surface area contributed by atoms with Crippen LogP contribution in [0.25, 0.3) is 0 Å². The Bertz CT molecular complexity index is 153. The average Bonchev–Trinajstić information content (AvgIpc) is 1.98. The fourth-order valence-corrected chi connectivity index (χ4v) is 1.74. The van der Waals surface area contributed by atoms with Gasteiger partial charge in [0.05, 0.1) is 0 Å². The van der Waals surface area contributed by atoms with Gasteiger partial charge in [-0.1, -0.05) is 0 Å². The SMILES string of the molecule is CSCCC(=O)NC(C)CC(C)Cl. The first-order chi connectivity index (χ1) is 6.06. The van der Waals surface area contributed by atoms with Gasteiger partial charge >= 0.3 is 0 Å². The number of nitrogens with one attached hydrogen (secondary N) is 1. The molecule has 2 nitrogen and oxygen atoms in total. The normalized spacial score (nSPS) is 15.1. The van der Waals surface area contributed by atoms with Crippen molar-refractivity contribution >= 4 is 29.3 Å². The van der Waals surface area contributed by atoms with Gasteiger partial charge in [-0.3, -0.25) is 4.79 Å². The number of rotatable bonds is 6. The minimum atomic E-state index is 0.121. The van der Waals surface area contributed by atoms with Gasteiger partial charge in [0, 0.05) is 23.6 Å². The Hall–Kier alpha value is 0.110. The third kappa shape index (κ3) is 8.44. The van der Waals surface area contributed by atoms with Crippen LogP contribution in [-0.2, 0) is 4.79 Å². The summed E-state index contributed by atoms with van der Waals surface area (Å²) in [5.74, 6) is 1.01. The Morgan fingerprint density at radius 2 is 2.15 bits per heavy atom. The lowest BCUT2D eigenvalue weighted by Crippen LogP contribution is -2.34. The van der Waals surface area contributed by atoms with Crippen LogP contribution in [0.5, 0.6) is 0 Å². The maximum Gasteiger partial charge on any atom is 0.221 e. The zero-order valence-electron chi connectivity index (χ0n) is 8.47. The molecule has 0 saturated heterocycles. The van der Waals surface area contributed by atoms with E-state index in [2.05, 4.69) is 5.32 Å². The Kier molecular flexibility index (Phi) is 7.57. The zero-order valence-corrected chi connectivity index (χ0v) is 10.0. The molecule has 13 heavy (non-hydrogen) atoms. The van der Waals surface area contributed by atoms with Gasteiger partial charge in [-0.25, -0.2) is 0 Å². The lowest BCUT2D eigenvalue weighted by molar-refractivity contribution is -0.121. The van der Waals surface area contributed by atoms with E-state index in [4.69, 9.17) is 11.6 Å². The molecular formula is C9H18ClNOS. The molecule has 0 rings (SSSR count). The molecule has 1 N–H and O–H groups in total. The molecule has 0 saturated carbocycles. The van der Waals surface area contributed by atoms with Crippen molar-refractivity contribution in [2.45, 2.75) is 38.1 Å².